The van der Waals surface area contributed by atoms with E-state index in [1.165, 1.54) is 44.5 Å². The maximum atomic E-state index is 2.21. The lowest BCUT2D eigenvalue weighted by Gasteiger charge is -2.32. The molecule has 0 bridgehead atoms. The Labute approximate surface area is 189 Å². The molecule has 0 unspecified atom stereocenters. The minimum absolute atomic E-state index is 1.24. The lowest BCUT2D eigenvalue weighted by Crippen LogP contribution is -2.28. The normalized spacial score (nSPS) is 13.4. The zero-order valence-corrected chi connectivity index (χ0v) is 19.0. The minimum Gasteiger partial charge on any atom is -0.208 e. The van der Waals surface area contributed by atoms with Gasteiger partial charge in [0.1, 0.15) is 28.2 Å². The first kappa shape index (κ1) is 20.0. The number of hydrogen-bond donors (Lipinski definition) is 0. The molecule has 0 spiro atoms. The van der Waals surface area contributed by atoms with E-state index in [1.54, 1.807) is 0 Å². The standard InChI is InChI=1S/C28H28N4/c1-29-13-5-21(6-14-29)25-26(22-7-15-30(2)16-8-22)28(24-11-19-32(4)20-12-24)27(25)23-9-17-31(3)18-10-23/h5-20H,1-4H3/q+4. The number of aromatic nitrogens is 4. The van der Waals surface area contributed by atoms with E-state index < -0.39 is 0 Å². The van der Waals surface area contributed by atoms with Crippen molar-refractivity contribution < 1.29 is 18.3 Å². The van der Waals surface area contributed by atoms with Gasteiger partial charge in [0, 0.05) is 48.5 Å². The van der Waals surface area contributed by atoms with Crippen LogP contribution in [0, 0.1) is 0 Å². The second-order valence-electron chi connectivity index (χ2n) is 8.51. The van der Waals surface area contributed by atoms with Gasteiger partial charge in [-0.1, -0.05) is 0 Å². The van der Waals surface area contributed by atoms with Crippen LogP contribution in [0.5, 0.6) is 0 Å². The average Bonchev–Trinajstić information content (AvgIpc) is 2.78. The van der Waals surface area contributed by atoms with Crippen LogP contribution in [-0.2, 0) is 28.2 Å². The third-order valence-corrected chi connectivity index (χ3v) is 6.07. The molecule has 0 radical (unpaired) electrons. The van der Waals surface area contributed by atoms with E-state index in [-0.39, 0.29) is 0 Å². The van der Waals surface area contributed by atoms with Crippen molar-refractivity contribution in [2.75, 3.05) is 0 Å². The highest BCUT2D eigenvalue weighted by molar-refractivity contribution is 6.43. The van der Waals surface area contributed by atoms with E-state index in [4.69, 9.17) is 0 Å². The molecule has 0 fully saturated rings. The first-order chi connectivity index (χ1) is 15.5. The van der Waals surface area contributed by atoms with Gasteiger partial charge in [-0.3, -0.25) is 0 Å². The maximum Gasteiger partial charge on any atom is 0.169 e. The van der Waals surface area contributed by atoms with Crippen LogP contribution in [-0.4, -0.2) is 0 Å². The molecule has 4 heteroatoms. The van der Waals surface area contributed by atoms with E-state index >= 15 is 0 Å². The Morgan fingerprint density at radius 2 is 0.469 bits per heavy atom. The molecular weight excluding hydrogens is 392 g/mol. The second kappa shape index (κ2) is 7.97. The topological polar surface area (TPSA) is 15.5 Å². The lowest BCUT2D eigenvalue weighted by molar-refractivity contribution is -0.671. The number of hydrogen-bond acceptors (Lipinski definition) is 0. The fourth-order valence-corrected chi connectivity index (χ4v) is 4.26. The molecule has 32 heavy (non-hydrogen) atoms. The zero-order valence-electron chi connectivity index (χ0n) is 19.0. The Morgan fingerprint density at radius 3 is 0.625 bits per heavy atom. The summed E-state index contributed by atoms with van der Waals surface area (Å²) in [4.78, 5) is 0. The van der Waals surface area contributed by atoms with Crippen molar-refractivity contribution >= 4 is 22.3 Å². The van der Waals surface area contributed by atoms with Crippen molar-refractivity contribution in [2.24, 2.45) is 28.2 Å². The Kier molecular flexibility index (Phi) is 4.98. The number of nitrogens with zero attached hydrogens (tertiary/aromatic N) is 4. The number of pyridine rings is 4. The van der Waals surface area contributed by atoms with Crippen LogP contribution >= 0.6 is 0 Å². The highest BCUT2D eigenvalue weighted by Gasteiger charge is 2.34. The molecule has 0 saturated carbocycles. The molecule has 0 amide bonds. The smallest absolute Gasteiger partial charge is 0.169 e. The SMILES string of the molecule is C[n+]1ccc(C2=C(c3cc[n+](C)cc3)C(c3cc[n+](C)cc3)=C2c2cc[n+](C)cc2)cc1. The summed E-state index contributed by atoms with van der Waals surface area (Å²) in [5, 5.41) is 0. The van der Waals surface area contributed by atoms with Crippen molar-refractivity contribution in [3.05, 3.63) is 120 Å². The Bertz CT molecular complexity index is 1120. The third-order valence-electron chi connectivity index (χ3n) is 6.07. The molecule has 0 aromatic carbocycles. The van der Waals surface area contributed by atoms with E-state index in [0.717, 1.165) is 0 Å². The largest absolute Gasteiger partial charge is 0.208 e. The summed E-state index contributed by atoms with van der Waals surface area (Å²) in [5.74, 6) is 0. The monoisotopic (exact) mass is 420 g/mol. The molecule has 4 aromatic rings. The first-order valence-corrected chi connectivity index (χ1v) is 10.8. The predicted molar refractivity (Wildman–Crippen MR) is 124 cm³/mol. The summed E-state index contributed by atoms with van der Waals surface area (Å²) >= 11 is 0. The number of allylic oxidation sites excluding steroid dienone is 4. The van der Waals surface area contributed by atoms with Crippen LogP contribution in [0.2, 0.25) is 0 Å². The molecular formula is C28H28N4+4. The molecule has 0 saturated heterocycles. The highest BCUT2D eigenvalue weighted by Crippen LogP contribution is 2.55. The first-order valence-electron chi connectivity index (χ1n) is 10.8. The van der Waals surface area contributed by atoms with E-state index in [2.05, 4.69) is 145 Å². The van der Waals surface area contributed by atoms with Crippen LogP contribution in [0.3, 0.4) is 0 Å². The van der Waals surface area contributed by atoms with Gasteiger partial charge in [0.2, 0.25) is 0 Å². The van der Waals surface area contributed by atoms with Crippen molar-refractivity contribution in [2.45, 2.75) is 0 Å². The van der Waals surface area contributed by atoms with Gasteiger partial charge in [-0.2, -0.15) is 0 Å². The average molecular weight is 421 g/mol. The van der Waals surface area contributed by atoms with Crippen LogP contribution in [0.15, 0.2) is 98.1 Å². The molecule has 4 aromatic heterocycles. The van der Waals surface area contributed by atoms with Crippen molar-refractivity contribution in [3.63, 3.8) is 0 Å². The van der Waals surface area contributed by atoms with E-state index in [0.29, 0.717) is 0 Å². The van der Waals surface area contributed by atoms with Gasteiger partial charge in [0.15, 0.2) is 49.6 Å². The summed E-state index contributed by atoms with van der Waals surface area (Å²) in [6, 6.07) is 17.7. The van der Waals surface area contributed by atoms with Crippen LogP contribution in [0.25, 0.3) is 22.3 Å². The fraction of sp³-hybridized carbons (Fsp3) is 0.143. The van der Waals surface area contributed by atoms with Gasteiger partial charge in [0.25, 0.3) is 0 Å². The summed E-state index contributed by atoms with van der Waals surface area (Å²) in [7, 11) is 8.22. The van der Waals surface area contributed by atoms with Gasteiger partial charge in [-0.05, 0) is 44.5 Å². The Hall–Kier alpha value is -3.92. The second-order valence-corrected chi connectivity index (χ2v) is 8.51. The van der Waals surface area contributed by atoms with E-state index in [9.17, 15) is 0 Å². The molecule has 5 rings (SSSR count). The molecule has 156 valence electrons. The van der Waals surface area contributed by atoms with Crippen LogP contribution in [0.4, 0.5) is 0 Å². The Morgan fingerprint density at radius 1 is 0.312 bits per heavy atom. The Balaban J connectivity index is 1.79. The lowest BCUT2D eigenvalue weighted by atomic mass is 9.70. The summed E-state index contributed by atoms with van der Waals surface area (Å²) < 4.78 is 8.31. The van der Waals surface area contributed by atoms with Crippen molar-refractivity contribution in [1.29, 1.82) is 0 Å². The van der Waals surface area contributed by atoms with Gasteiger partial charge in [-0.15, -0.1) is 0 Å². The third kappa shape index (κ3) is 3.54. The zero-order chi connectivity index (χ0) is 22.2. The van der Waals surface area contributed by atoms with Crippen molar-refractivity contribution in [3.8, 4) is 0 Å². The quantitative estimate of drug-likeness (QED) is 0.451. The van der Waals surface area contributed by atoms with Gasteiger partial charge in [0.05, 0.1) is 0 Å². The van der Waals surface area contributed by atoms with Crippen molar-refractivity contribution in [1.82, 2.24) is 0 Å². The maximum absolute atomic E-state index is 2.21. The molecule has 4 nitrogen and oxygen atoms in total. The molecule has 1 aliphatic rings. The van der Waals surface area contributed by atoms with Crippen LogP contribution in [0.1, 0.15) is 22.3 Å². The molecule has 1 aliphatic carbocycles. The molecule has 0 atom stereocenters. The number of aryl methyl sites for hydroxylation is 4. The molecule has 4 heterocycles. The fourth-order valence-electron chi connectivity index (χ4n) is 4.26. The molecule has 0 N–H and O–H groups in total. The summed E-state index contributed by atoms with van der Waals surface area (Å²) in [6.45, 7) is 0. The minimum atomic E-state index is 1.24. The summed E-state index contributed by atoms with van der Waals surface area (Å²) in [5.41, 5.74) is 10.2. The van der Waals surface area contributed by atoms with Gasteiger partial charge >= 0.3 is 0 Å². The van der Waals surface area contributed by atoms with E-state index in [1.807, 2.05) is 0 Å². The van der Waals surface area contributed by atoms with Crippen LogP contribution < -0.4 is 18.3 Å². The molecule has 0 aliphatic heterocycles. The van der Waals surface area contributed by atoms with Gasteiger partial charge < -0.3 is 0 Å². The predicted octanol–water partition coefficient (Wildman–Crippen LogP) is 2.52. The highest BCUT2D eigenvalue weighted by atomic mass is 14.9. The van der Waals surface area contributed by atoms with Gasteiger partial charge in [-0.25, -0.2) is 18.3 Å². The number of rotatable bonds is 4. The summed E-state index contributed by atoms with van der Waals surface area (Å²) in [6.07, 6.45) is 17.0.